The second kappa shape index (κ2) is 10.6. The number of nitrogens with zero attached hydrogens (tertiary/aromatic N) is 3. The van der Waals surface area contributed by atoms with Gasteiger partial charge < -0.3 is 20.3 Å². The zero-order valence-electron chi connectivity index (χ0n) is 19.5. The molecule has 1 fully saturated rings. The van der Waals surface area contributed by atoms with Gasteiger partial charge in [0.1, 0.15) is 11.6 Å². The van der Waals surface area contributed by atoms with E-state index in [0.29, 0.717) is 6.04 Å². The minimum Gasteiger partial charge on any atom is -0.496 e. The van der Waals surface area contributed by atoms with Crippen LogP contribution in [0.1, 0.15) is 37.7 Å². The first-order chi connectivity index (χ1) is 15.6. The first-order valence-corrected chi connectivity index (χ1v) is 11.7. The fourth-order valence-electron chi connectivity index (χ4n) is 4.62. The number of benzene rings is 2. The lowest BCUT2D eigenvalue weighted by Crippen LogP contribution is -2.28. The normalized spacial score (nSPS) is 18.5. The van der Waals surface area contributed by atoms with Crippen LogP contribution in [0.5, 0.6) is 5.75 Å². The molecule has 2 aromatic carbocycles. The van der Waals surface area contributed by atoms with E-state index in [9.17, 15) is 0 Å². The maximum Gasteiger partial charge on any atom is 0.225 e. The van der Waals surface area contributed by atoms with Gasteiger partial charge in [0, 0.05) is 37.6 Å². The highest BCUT2D eigenvalue weighted by Gasteiger charge is 2.22. The predicted octanol–water partition coefficient (Wildman–Crippen LogP) is 4.86. The minimum atomic E-state index is 0.448. The summed E-state index contributed by atoms with van der Waals surface area (Å²) >= 11 is 0. The number of aromatic nitrogens is 2. The van der Waals surface area contributed by atoms with Crippen LogP contribution >= 0.6 is 0 Å². The Bertz CT molecular complexity index is 1010. The summed E-state index contributed by atoms with van der Waals surface area (Å²) in [5.74, 6) is 3.45. The van der Waals surface area contributed by atoms with Gasteiger partial charge in [0.25, 0.3) is 0 Å². The summed E-state index contributed by atoms with van der Waals surface area (Å²) in [6.45, 7) is 1.90. The Hall–Kier alpha value is -2.86. The zero-order valence-corrected chi connectivity index (χ0v) is 19.5. The van der Waals surface area contributed by atoms with Gasteiger partial charge in [-0.2, -0.15) is 4.98 Å². The summed E-state index contributed by atoms with van der Waals surface area (Å²) in [5, 5.41) is 8.29. The van der Waals surface area contributed by atoms with Crippen molar-refractivity contribution in [1.82, 2.24) is 15.3 Å². The number of hydrogen-bond acceptors (Lipinski definition) is 6. The number of hydrogen-bond donors (Lipinski definition) is 2. The highest BCUT2D eigenvalue weighted by molar-refractivity contribution is 5.90. The fraction of sp³-hybridized carbons (Fsp3) is 0.462. The third kappa shape index (κ3) is 5.49. The molecule has 0 radical (unpaired) electrons. The van der Waals surface area contributed by atoms with Gasteiger partial charge in [-0.3, -0.25) is 0 Å². The Morgan fingerprint density at radius 2 is 1.72 bits per heavy atom. The molecule has 3 aromatic rings. The molecule has 0 atom stereocenters. The summed E-state index contributed by atoms with van der Waals surface area (Å²) in [4.78, 5) is 11.6. The van der Waals surface area contributed by atoms with E-state index in [1.807, 2.05) is 38.4 Å². The Labute approximate surface area is 191 Å². The number of fused-ring (bicyclic) bond motifs is 1. The Kier molecular flexibility index (Phi) is 7.43. The maximum atomic E-state index is 5.44. The second-order valence-electron chi connectivity index (χ2n) is 8.92. The van der Waals surface area contributed by atoms with Crippen LogP contribution in [-0.4, -0.2) is 43.8 Å². The first-order valence-electron chi connectivity index (χ1n) is 11.7. The van der Waals surface area contributed by atoms with E-state index >= 15 is 0 Å². The molecule has 1 aliphatic rings. The molecule has 0 bridgehead atoms. The summed E-state index contributed by atoms with van der Waals surface area (Å²) in [6.07, 6.45) is 6.07. The Morgan fingerprint density at radius 3 is 2.50 bits per heavy atom. The van der Waals surface area contributed by atoms with Crippen molar-refractivity contribution in [3.63, 3.8) is 0 Å². The molecule has 0 aliphatic heterocycles. The number of ether oxygens (including phenoxy) is 1. The van der Waals surface area contributed by atoms with Gasteiger partial charge in [-0.25, -0.2) is 4.98 Å². The van der Waals surface area contributed by atoms with Crippen LogP contribution in [0, 0.1) is 5.92 Å². The van der Waals surface area contributed by atoms with E-state index in [1.165, 1.54) is 37.7 Å². The van der Waals surface area contributed by atoms with Crippen LogP contribution in [0.2, 0.25) is 0 Å². The van der Waals surface area contributed by atoms with Crippen molar-refractivity contribution in [2.24, 2.45) is 5.92 Å². The number of methoxy groups -OCH3 is 1. The molecule has 1 saturated carbocycles. The molecule has 1 aromatic heterocycles. The van der Waals surface area contributed by atoms with E-state index in [1.54, 1.807) is 7.11 Å². The average molecular weight is 434 g/mol. The Balaban J connectivity index is 1.25. The van der Waals surface area contributed by atoms with Crippen molar-refractivity contribution in [3.05, 3.63) is 54.1 Å². The largest absolute Gasteiger partial charge is 0.496 e. The van der Waals surface area contributed by atoms with E-state index in [0.717, 1.165) is 47.4 Å². The molecular weight excluding hydrogens is 398 g/mol. The average Bonchev–Trinajstić information content (AvgIpc) is 2.82. The van der Waals surface area contributed by atoms with Crippen LogP contribution in [0.25, 0.3) is 10.9 Å². The van der Waals surface area contributed by atoms with Crippen molar-refractivity contribution in [1.29, 1.82) is 0 Å². The molecule has 4 rings (SSSR count). The maximum absolute atomic E-state index is 5.44. The van der Waals surface area contributed by atoms with Crippen molar-refractivity contribution in [2.45, 2.75) is 44.7 Å². The summed E-state index contributed by atoms with van der Waals surface area (Å²) in [5.41, 5.74) is 2.21. The van der Waals surface area contributed by atoms with Crippen LogP contribution in [0.3, 0.4) is 0 Å². The standard InChI is InChI=1S/C26H35N5O/c1-31(2)25-22-9-5-6-10-23(22)29-26(30-25)28-21-14-12-19(13-15-21)16-17-27-18-20-8-4-7-11-24(20)32-3/h4-11,19,21,27H,12-18H2,1-3H3,(H,28,29,30). The summed E-state index contributed by atoms with van der Waals surface area (Å²) in [7, 11) is 5.80. The molecule has 0 spiro atoms. The van der Waals surface area contributed by atoms with Crippen molar-refractivity contribution in [3.8, 4) is 5.75 Å². The first kappa shape index (κ1) is 22.3. The van der Waals surface area contributed by atoms with Crippen molar-refractivity contribution in [2.75, 3.05) is 38.0 Å². The van der Waals surface area contributed by atoms with Crippen LogP contribution in [-0.2, 0) is 6.54 Å². The molecule has 2 N–H and O–H groups in total. The monoisotopic (exact) mass is 433 g/mol. The highest BCUT2D eigenvalue weighted by atomic mass is 16.5. The van der Waals surface area contributed by atoms with Gasteiger partial charge in [0.2, 0.25) is 5.95 Å². The minimum absolute atomic E-state index is 0.448. The smallest absolute Gasteiger partial charge is 0.225 e. The zero-order chi connectivity index (χ0) is 22.3. The van der Waals surface area contributed by atoms with Gasteiger partial charge in [0.15, 0.2) is 0 Å². The van der Waals surface area contributed by atoms with Crippen molar-refractivity contribution >= 4 is 22.7 Å². The third-order valence-electron chi connectivity index (χ3n) is 6.42. The van der Waals surface area contributed by atoms with E-state index in [-0.39, 0.29) is 0 Å². The van der Waals surface area contributed by atoms with Gasteiger partial charge in [-0.1, -0.05) is 30.3 Å². The molecule has 1 heterocycles. The number of rotatable bonds is 9. The van der Waals surface area contributed by atoms with Crippen molar-refractivity contribution < 1.29 is 4.74 Å². The summed E-state index contributed by atoms with van der Waals surface area (Å²) in [6, 6.07) is 16.9. The lowest BCUT2D eigenvalue weighted by molar-refractivity contribution is 0.316. The van der Waals surface area contributed by atoms with E-state index in [2.05, 4.69) is 39.8 Å². The van der Waals surface area contributed by atoms with Gasteiger partial charge in [-0.15, -0.1) is 0 Å². The third-order valence-corrected chi connectivity index (χ3v) is 6.42. The molecule has 32 heavy (non-hydrogen) atoms. The van der Waals surface area contributed by atoms with Crippen LogP contribution < -0.4 is 20.3 Å². The number of para-hydroxylation sites is 2. The summed E-state index contributed by atoms with van der Waals surface area (Å²) < 4.78 is 5.44. The SMILES string of the molecule is COc1ccccc1CNCCC1CCC(Nc2nc(N(C)C)c3ccccc3n2)CC1. The number of anilines is 2. The molecule has 1 aliphatic carbocycles. The molecule has 0 saturated heterocycles. The lowest BCUT2D eigenvalue weighted by Gasteiger charge is -2.29. The molecule has 0 amide bonds. The molecular formula is C26H35N5O. The quantitative estimate of drug-likeness (QED) is 0.470. The second-order valence-corrected chi connectivity index (χ2v) is 8.92. The molecule has 6 heteroatoms. The molecule has 6 nitrogen and oxygen atoms in total. The predicted molar refractivity (Wildman–Crippen MR) is 133 cm³/mol. The van der Waals surface area contributed by atoms with Gasteiger partial charge in [-0.05, 0) is 62.8 Å². The van der Waals surface area contributed by atoms with Crippen LogP contribution in [0.4, 0.5) is 11.8 Å². The van der Waals surface area contributed by atoms with E-state index in [4.69, 9.17) is 14.7 Å². The molecule has 170 valence electrons. The highest BCUT2D eigenvalue weighted by Crippen LogP contribution is 2.29. The van der Waals surface area contributed by atoms with Gasteiger partial charge in [0.05, 0.1) is 12.6 Å². The van der Waals surface area contributed by atoms with E-state index < -0.39 is 0 Å². The molecule has 0 unspecified atom stereocenters. The lowest BCUT2D eigenvalue weighted by atomic mass is 9.84. The number of nitrogens with one attached hydrogen (secondary N) is 2. The topological polar surface area (TPSA) is 62.3 Å². The Morgan fingerprint density at radius 1 is 0.969 bits per heavy atom. The van der Waals surface area contributed by atoms with Gasteiger partial charge >= 0.3 is 0 Å². The van der Waals surface area contributed by atoms with Crippen LogP contribution in [0.15, 0.2) is 48.5 Å². The fourth-order valence-corrected chi connectivity index (χ4v) is 4.62.